The van der Waals surface area contributed by atoms with E-state index in [0.717, 1.165) is 54.7 Å². The Morgan fingerprint density at radius 3 is 0.735 bits per heavy atom. The number of amides is 5. The highest BCUT2D eigenvalue weighted by atomic mass is 17.0. The van der Waals surface area contributed by atoms with Crippen molar-refractivity contribution in [3.63, 3.8) is 0 Å². The number of hydrogen-bond acceptors (Lipinski definition) is 28. The van der Waals surface area contributed by atoms with Crippen LogP contribution in [0.25, 0.3) is 0 Å². The lowest BCUT2D eigenvalue weighted by atomic mass is 9.90. The van der Waals surface area contributed by atoms with Crippen LogP contribution in [0, 0.1) is 16.2 Å². The van der Waals surface area contributed by atoms with Gasteiger partial charge in [-0.2, -0.15) is 0 Å². The Bertz CT molecular complexity index is 2410. The van der Waals surface area contributed by atoms with Gasteiger partial charge in [-0.05, 0) is 38.5 Å². The summed E-state index contributed by atoms with van der Waals surface area (Å²) in [6.45, 7) is 24.9. The first-order chi connectivity index (χ1) is 46.9. The highest BCUT2D eigenvalue weighted by Crippen LogP contribution is 2.25. The fourth-order valence-corrected chi connectivity index (χ4v) is 7.69. The summed E-state index contributed by atoms with van der Waals surface area (Å²) in [5, 5.41) is 11.0. The first kappa shape index (κ1) is 87.4. The molecule has 0 aliphatic rings. The largest absolute Gasteiger partial charge is 0.462 e. The van der Waals surface area contributed by atoms with Crippen LogP contribution in [0.1, 0.15) is 77.0 Å². The third kappa shape index (κ3) is 42.7. The maximum absolute atomic E-state index is 13.0. The molecule has 98 heavy (non-hydrogen) atoms. The molecule has 0 aliphatic heterocycles. The molecule has 4 N–H and O–H groups in total. The molecule has 0 unspecified atom stereocenters. The van der Waals surface area contributed by atoms with Crippen molar-refractivity contribution in [2.24, 2.45) is 16.2 Å². The number of carbonyl (C=O) groups is 14. The van der Waals surface area contributed by atoms with Crippen molar-refractivity contribution in [2.45, 2.75) is 77.0 Å². The van der Waals surface area contributed by atoms with Gasteiger partial charge in [-0.25, -0.2) is 62.3 Å². The van der Waals surface area contributed by atoms with E-state index >= 15 is 0 Å². The Kier molecular flexibility index (Phi) is 47.0. The van der Waals surface area contributed by atoms with Crippen molar-refractivity contribution in [2.75, 3.05) is 118 Å². The van der Waals surface area contributed by atoms with Gasteiger partial charge in [-0.15, -0.1) is 0 Å². The van der Waals surface area contributed by atoms with Crippen LogP contribution in [0.2, 0.25) is 0 Å². The summed E-state index contributed by atoms with van der Waals surface area (Å²) in [6, 6.07) is 0. The normalized spacial score (nSPS) is 10.7. The topological polar surface area (TPSA) is 414 Å². The minimum Gasteiger partial charge on any atom is -0.462 e. The van der Waals surface area contributed by atoms with Crippen LogP contribution >= 0.6 is 0 Å². The average Bonchev–Trinajstić information content (AvgIpc) is 0.892. The summed E-state index contributed by atoms with van der Waals surface area (Å²) in [7, 11) is 0. The number of ether oxygens (including phenoxy) is 11. The quantitative estimate of drug-likeness (QED) is 0.0160. The molecule has 0 aromatic carbocycles. The lowest BCUT2D eigenvalue weighted by molar-refractivity contribution is -0.296. The molecule has 0 atom stereocenters. The maximum Gasteiger partial charge on any atom is 0.429 e. The molecule has 0 fully saturated rings. The predicted octanol–water partition coefficient (Wildman–Crippen LogP) is 4.68. The Hall–Kier alpha value is -10.6. The van der Waals surface area contributed by atoms with Gasteiger partial charge in [0.2, 0.25) is 6.41 Å². The van der Waals surface area contributed by atoms with Crippen LogP contribution in [0.4, 0.5) is 19.2 Å². The Morgan fingerprint density at radius 2 is 0.490 bits per heavy atom. The van der Waals surface area contributed by atoms with Crippen molar-refractivity contribution in [3.05, 3.63) is 114 Å². The molecular formula is C65H92N6O27. The molecule has 0 radical (unpaired) electrons. The van der Waals surface area contributed by atoms with Gasteiger partial charge in [-0.1, -0.05) is 97.7 Å². The second-order valence-electron chi connectivity index (χ2n) is 21.3. The summed E-state index contributed by atoms with van der Waals surface area (Å²) >= 11 is 0. The van der Waals surface area contributed by atoms with Gasteiger partial charge >= 0.3 is 78.1 Å². The first-order valence-electron chi connectivity index (χ1n) is 30.7. The minimum atomic E-state index is -1.53. The molecule has 0 saturated carbocycles. The van der Waals surface area contributed by atoms with Gasteiger partial charge in [0, 0.05) is 99.2 Å². The molecule has 0 heterocycles. The van der Waals surface area contributed by atoms with Gasteiger partial charge in [0.15, 0.2) is 0 Å². The van der Waals surface area contributed by atoms with Gasteiger partial charge in [-0.3, -0.25) is 4.79 Å². The monoisotopic (exact) mass is 1390 g/mol. The zero-order valence-electron chi connectivity index (χ0n) is 55.3. The smallest absolute Gasteiger partial charge is 0.429 e. The summed E-state index contributed by atoms with van der Waals surface area (Å²) in [4.78, 5) is 184. The zero-order valence-corrected chi connectivity index (χ0v) is 55.3. The predicted molar refractivity (Wildman–Crippen MR) is 345 cm³/mol. The summed E-state index contributed by atoms with van der Waals surface area (Å²) in [5.41, 5.74) is -4.50. The van der Waals surface area contributed by atoms with E-state index in [-0.39, 0.29) is 52.2 Å². The standard InChI is InChI=1S/C65H92N6O27/c1-10-50(73)86-38-63(39-87-51(74)11-2,40-88-52(75)12-3)37-70(49-72)35-29-23-24-30-36-71(97-61(84)68-33-27-21-19-25-31-66-59(82)95-47-64(41-89-53(76)13-4,42-90-54(77)14-5)43-91-55(78)15-6)98-62(85)69-34-28-22-20-26-32-67-60(83)96-48-65(44-92-56(79)16-7,45-93-57(80)17-8)46-94-58(81)18-9/h10-18,49H,1-9,19-48H2,(H,66,82)(H,67,83)(H,68,84)(H,69,85). The molecule has 5 amide bonds. The van der Waals surface area contributed by atoms with E-state index in [2.05, 4.69) is 80.5 Å². The van der Waals surface area contributed by atoms with E-state index < -0.39 is 167 Å². The lowest BCUT2D eigenvalue weighted by Crippen LogP contribution is -2.48. The minimum absolute atomic E-state index is 0.116. The Balaban J connectivity index is 5.77. The van der Waals surface area contributed by atoms with E-state index in [0.29, 0.717) is 82.3 Å². The third-order valence-corrected chi connectivity index (χ3v) is 13.1. The van der Waals surface area contributed by atoms with E-state index in [1.807, 2.05) is 0 Å². The molecular weight excluding hydrogens is 1300 g/mol. The van der Waals surface area contributed by atoms with Crippen molar-refractivity contribution >= 4 is 84.5 Å². The number of esters is 9. The van der Waals surface area contributed by atoms with Gasteiger partial charge in [0.25, 0.3) is 0 Å². The second kappa shape index (κ2) is 52.6. The number of hydrogen-bond donors (Lipinski definition) is 4. The van der Waals surface area contributed by atoms with Crippen molar-refractivity contribution < 1.29 is 129 Å². The second-order valence-corrected chi connectivity index (χ2v) is 21.3. The maximum atomic E-state index is 13.0. The molecule has 544 valence electrons. The summed E-state index contributed by atoms with van der Waals surface area (Å²) in [6.07, 6.45) is 10.4. The molecule has 0 rings (SSSR count). The summed E-state index contributed by atoms with van der Waals surface area (Å²) in [5.74, 6) is -7.61. The molecule has 0 spiro atoms. The van der Waals surface area contributed by atoms with E-state index in [9.17, 15) is 67.1 Å². The fraction of sp³-hybridized carbons (Fsp3) is 0.508. The van der Waals surface area contributed by atoms with E-state index in [4.69, 9.17) is 61.8 Å². The van der Waals surface area contributed by atoms with Crippen LogP contribution in [0.15, 0.2) is 114 Å². The average molecular weight is 1390 g/mol. The van der Waals surface area contributed by atoms with Gasteiger partial charge in [0.05, 0.1) is 12.0 Å². The lowest BCUT2D eigenvalue weighted by Gasteiger charge is -2.35. The highest BCUT2D eigenvalue weighted by molar-refractivity contribution is 5.84. The van der Waals surface area contributed by atoms with E-state index in [1.165, 1.54) is 4.90 Å². The highest BCUT2D eigenvalue weighted by Gasteiger charge is 2.40. The van der Waals surface area contributed by atoms with Crippen molar-refractivity contribution in [3.8, 4) is 0 Å². The van der Waals surface area contributed by atoms with Crippen LogP contribution in [-0.4, -0.2) is 213 Å². The number of nitrogens with one attached hydrogen (secondary N) is 4. The number of carbonyl (C=O) groups excluding carboxylic acids is 14. The molecule has 0 aromatic rings. The number of nitrogens with zero attached hydrogens (tertiary/aromatic N) is 2. The van der Waals surface area contributed by atoms with Gasteiger partial charge in [0.1, 0.15) is 83.5 Å². The van der Waals surface area contributed by atoms with E-state index in [1.54, 1.807) is 0 Å². The molecule has 33 nitrogen and oxygen atoms in total. The third-order valence-electron chi connectivity index (χ3n) is 13.1. The number of rotatable bonds is 57. The summed E-state index contributed by atoms with van der Waals surface area (Å²) < 4.78 is 57.2. The number of alkyl carbamates (subject to hydrolysis) is 2. The van der Waals surface area contributed by atoms with Crippen LogP contribution in [-0.2, 0) is 110 Å². The van der Waals surface area contributed by atoms with Crippen LogP contribution < -0.4 is 21.3 Å². The molecule has 0 aliphatic carbocycles. The number of hydroxylamine groups is 2. The Morgan fingerprint density at radius 1 is 0.276 bits per heavy atom. The molecule has 0 aromatic heterocycles. The molecule has 0 saturated heterocycles. The number of unbranched alkanes of at least 4 members (excludes halogenated alkanes) is 9. The zero-order chi connectivity index (χ0) is 73.5. The molecule has 33 heteroatoms. The van der Waals surface area contributed by atoms with Crippen molar-refractivity contribution in [1.82, 2.24) is 31.4 Å². The first-order valence-corrected chi connectivity index (χ1v) is 30.7. The Labute approximate surface area is 568 Å². The fourth-order valence-electron chi connectivity index (χ4n) is 7.69. The molecule has 0 bridgehead atoms. The van der Waals surface area contributed by atoms with Crippen LogP contribution in [0.5, 0.6) is 0 Å². The van der Waals surface area contributed by atoms with Crippen LogP contribution in [0.3, 0.4) is 0 Å². The SMILES string of the molecule is C=CC(=O)OCC(COC(=O)C=C)(COC(=O)C=C)COC(=O)NCCCCCCNC(=O)ON(CCCCCCN(C=O)CC(COC(=O)C=C)(COC(=O)C=C)COC(=O)C=C)OC(=O)NCCCCCCNC(=O)OCC(COC(=O)C=C)(COC(=O)C=C)COC(=O)C=C. The van der Waals surface area contributed by atoms with Crippen molar-refractivity contribution in [1.29, 1.82) is 0 Å². The van der Waals surface area contributed by atoms with Gasteiger partial charge < -0.3 is 87.9 Å².